The summed E-state index contributed by atoms with van der Waals surface area (Å²) in [6.07, 6.45) is 1.34. The minimum absolute atomic E-state index is 0.164. The van der Waals surface area contributed by atoms with Gasteiger partial charge in [-0.3, -0.25) is 4.79 Å². The van der Waals surface area contributed by atoms with Crippen molar-refractivity contribution in [2.24, 2.45) is 5.92 Å². The van der Waals surface area contributed by atoms with E-state index in [1.165, 1.54) is 6.20 Å². The number of pyridine rings is 1. The van der Waals surface area contributed by atoms with Gasteiger partial charge < -0.3 is 10.0 Å². The van der Waals surface area contributed by atoms with E-state index in [1.807, 2.05) is 0 Å². The number of anilines is 1. The molecule has 0 bridgehead atoms. The Hall–Kier alpha value is -1.36. The molecule has 1 aromatic rings. The van der Waals surface area contributed by atoms with Crippen LogP contribution >= 0.6 is 11.6 Å². The molecule has 4 nitrogen and oxygen atoms in total. The molecule has 0 spiro atoms. The summed E-state index contributed by atoms with van der Waals surface area (Å²) in [5, 5.41) is 8.88. The van der Waals surface area contributed by atoms with Gasteiger partial charge in [-0.05, 0) is 6.07 Å². The lowest BCUT2D eigenvalue weighted by atomic mass is 10.0. The van der Waals surface area contributed by atoms with E-state index >= 15 is 0 Å². The zero-order valence-corrected chi connectivity index (χ0v) is 8.41. The molecule has 1 aromatic heterocycles. The van der Waals surface area contributed by atoms with E-state index in [4.69, 9.17) is 16.7 Å². The first-order valence-corrected chi connectivity index (χ1v) is 4.74. The second-order valence-electron chi connectivity index (χ2n) is 3.40. The molecule has 1 N–H and O–H groups in total. The van der Waals surface area contributed by atoms with E-state index in [0.29, 0.717) is 13.1 Å². The molecule has 1 fully saturated rings. The molecular formula is C9H8ClFN2O2. The summed E-state index contributed by atoms with van der Waals surface area (Å²) in [7, 11) is 0. The predicted octanol–water partition coefficient (Wildman–Crippen LogP) is 1.39. The van der Waals surface area contributed by atoms with Gasteiger partial charge in [-0.15, -0.1) is 0 Å². The summed E-state index contributed by atoms with van der Waals surface area (Å²) in [6, 6.07) is 1.16. The fourth-order valence-corrected chi connectivity index (χ4v) is 1.59. The zero-order valence-electron chi connectivity index (χ0n) is 7.65. The number of hydrogen-bond acceptors (Lipinski definition) is 3. The molecule has 0 aromatic carbocycles. The number of carbonyl (C=O) groups is 1. The molecule has 15 heavy (non-hydrogen) atoms. The van der Waals surface area contributed by atoms with Crippen molar-refractivity contribution in [2.45, 2.75) is 0 Å². The Morgan fingerprint density at radius 1 is 1.67 bits per heavy atom. The highest BCUT2D eigenvalue weighted by atomic mass is 35.5. The SMILES string of the molecule is O=C(O)C1CN(c2ncc(Cl)cc2F)C1. The first-order chi connectivity index (χ1) is 7.08. The molecule has 1 aliphatic heterocycles. The topological polar surface area (TPSA) is 53.4 Å². The largest absolute Gasteiger partial charge is 0.481 e. The van der Waals surface area contributed by atoms with Crippen LogP contribution in [0.3, 0.4) is 0 Å². The van der Waals surface area contributed by atoms with Crippen LogP contribution in [0.5, 0.6) is 0 Å². The number of rotatable bonds is 2. The number of halogens is 2. The fraction of sp³-hybridized carbons (Fsp3) is 0.333. The van der Waals surface area contributed by atoms with Crippen LogP contribution in [0.25, 0.3) is 0 Å². The molecule has 2 heterocycles. The van der Waals surface area contributed by atoms with Gasteiger partial charge in [0.25, 0.3) is 0 Å². The van der Waals surface area contributed by atoms with Crippen LogP contribution in [0, 0.1) is 11.7 Å². The summed E-state index contributed by atoms with van der Waals surface area (Å²) in [5.41, 5.74) is 0. The van der Waals surface area contributed by atoms with Gasteiger partial charge in [-0.25, -0.2) is 9.37 Å². The van der Waals surface area contributed by atoms with Crippen LogP contribution in [-0.4, -0.2) is 29.1 Å². The van der Waals surface area contributed by atoms with Crippen LogP contribution < -0.4 is 4.90 Å². The molecule has 0 aliphatic carbocycles. The van der Waals surface area contributed by atoms with Crippen molar-refractivity contribution in [2.75, 3.05) is 18.0 Å². The van der Waals surface area contributed by atoms with Crippen LogP contribution in [-0.2, 0) is 4.79 Å². The first-order valence-electron chi connectivity index (χ1n) is 4.36. The van der Waals surface area contributed by atoms with Crippen LogP contribution in [0.4, 0.5) is 10.2 Å². The zero-order chi connectivity index (χ0) is 11.0. The lowest BCUT2D eigenvalue weighted by molar-refractivity contribution is -0.142. The van der Waals surface area contributed by atoms with Gasteiger partial charge in [0, 0.05) is 19.3 Å². The number of carboxylic acid groups (broad SMARTS) is 1. The quantitative estimate of drug-likeness (QED) is 0.834. The Morgan fingerprint density at radius 2 is 2.33 bits per heavy atom. The smallest absolute Gasteiger partial charge is 0.310 e. The fourth-order valence-electron chi connectivity index (χ4n) is 1.45. The van der Waals surface area contributed by atoms with Crippen molar-refractivity contribution in [1.29, 1.82) is 0 Å². The minimum Gasteiger partial charge on any atom is -0.481 e. The van der Waals surface area contributed by atoms with E-state index in [2.05, 4.69) is 4.98 Å². The normalized spacial score (nSPS) is 16.3. The molecule has 0 saturated carbocycles. The number of aliphatic carboxylic acids is 1. The molecule has 0 unspecified atom stereocenters. The summed E-state index contributed by atoms with van der Waals surface area (Å²) in [5.74, 6) is -1.65. The molecule has 2 rings (SSSR count). The minimum atomic E-state index is -0.861. The molecule has 0 atom stereocenters. The molecule has 6 heteroatoms. The number of nitrogens with zero attached hydrogens (tertiary/aromatic N) is 2. The van der Waals surface area contributed by atoms with E-state index < -0.39 is 17.7 Å². The maximum atomic E-state index is 13.3. The van der Waals surface area contributed by atoms with Gasteiger partial charge in [0.15, 0.2) is 11.6 Å². The van der Waals surface area contributed by atoms with E-state index in [1.54, 1.807) is 4.90 Å². The lowest BCUT2D eigenvalue weighted by Gasteiger charge is -2.37. The average molecular weight is 231 g/mol. The number of hydrogen-bond donors (Lipinski definition) is 1. The van der Waals surface area contributed by atoms with Gasteiger partial charge in [0.2, 0.25) is 0 Å². The second kappa shape index (κ2) is 3.66. The molecule has 0 radical (unpaired) electrons. The van der Waals surface area contributed by atoms with Crippen molar-refractivity contribution < 1.29 is 14.3 Å². The van der Waals surface area contributed by atoms with Gasteiger partial charge in [0.1, 0.15) is 0 Å². The van der Waals surface area contributed by atoms with Crippen LogP contribution in [0.1, 0.15) is 0 Å². The molecular weight excluding hydrogens is 223 g/mol. The Bertz CT molecular complexity index is 407. The van der Waals surface area contributed by atoms with Crippen molar-refractivity contribution in [3.8, 4) is 0 Å². The molecule has 1 saturated heterocycles. The molecule has 1 aliphatic rings. The Labute approximate surface area is 90.3 Å². The number of aromatic nitrogens is 1. The van der Waals surface area contributed by atoms with E-state index in [9.17, 15) is 9.18 Å². The van der Waals surface area contributed by atoms with Crippen molar-refractivity contribution in [1.82, 2.24) is 4.98 Å². The average Bonchev–Trinajstić information content (AvgIpc) is 2.05. The summed E-state index contributed by atoms with van der Waals surface area (Å²) >= 11 is 5.55. The molecule has 0 amide bonds. The lowest BCUT2D eigenvalue weighted by Crippen LogP contribution is -2.51. The Morgan fingerprint density at radius 3 is 2.87 bits per heavy atom. The first kappa shape index (κ1) is 10.2. The Kier molecular flexibility index (Phi) is 2.48. The molecule has 80 valence electrons. The maximum Gasteiger partial charge on any atom is 0.310 e. The number of carboxylic acids is 1. The van der Waals surface area contributed by atoms with E-state index in [-0.39, 0.29) is 10.8 Å². The monoisotopic (exact) mass is 230 g/mol. The highest BCUT2D eigenvalue weighted by Crippen LogP contribution is 2.26. The second-order valence-corrected chi connectivity index (χ2v) is 3.84. The van der Waals surface area contributed by atoms with Gasteiger partial charge in [-0.1, -0.05) is 11.6 Å². The maximum absolute atomic E-state index is 13.3. The Balaban J connectivity index is 2.10. The van der Waals surface area contributed by atoms with Crippen LogP contribution in [0.15, 0.2) is 12.3 Å². The third-order valence-corrected chi connectivity index (χ3v) is 2.53. The summed E-state index contributed by atoms with van der Waals surface area (Å²) < 4.78 is 13.3. The standard InChI is InChI=1S/C9H8ClFN2O2/c10-6-1-7(11)8(12-2-6)13-3-5(4-13)9(14)15/h1-2,5H,3-4H2,(H,14,15). The van der Waals surface area contributed by atoms with Gasteiger partial charge in [0.05, 0.1) is 10.9 Å². The highest BCUT2D eigenvalue weighted by Gasteiger charge is 2.34. The van der Waals surface area contributed by atoms with Crippen molar-refractivity contribution in [3.63, 3.8) is 0 Å². The third-order valence-electron chi connectivity index (χ3n) is 2.32. The van der Waals surface area contributed by atoms with Gasteiger partial charge in [-0.2, -0.15) is 0 Å². The highest BCUT2D eigenvalue weighted by molar-refractivity contribution is 6.30. The van der Waals surface area contributed by atoms with Crippen molar-refractivity contribution in [3.05, 3.63) is 23.1 Å². The van der Waals surface area contributed by atoms with E-state index in [0.717, 1.165) is 6.07 Å². The summed E-state index contributed by atoms with van der Waals surface area (Å²) in [4.78, 5) is 15.9. The van der Waals surface area contributed by atoms with Crippen molar-refractivity contribution >= 4 is 23.4 Å². The predicted molar refractivity (Wildman–Crippen MR) is 52.5 cm³/mol. The van der Waals surface area contributed by atoms with Gasteiger partial charge >= 0.3 is 5.97 Å². The van der Waals surface area contributed by atoms with Crippen LogP contribution in [0.2, 0.25) is 5.02 Å². The summed E-state index contributed by atoms with van der Waals surface area (Å²) in [6.45, 7) is 0.585. The third kappa shape index (κ3) is 1.87.